The Labute approximate surface area is 156 Å². The predicted molar refractivity (Wildman–Crippen MR) is 103 cm³/mol. The molecule has 0 amide bonds. The number of fused-ring (bicyclic) bond motifs is 1. The van der Waals surface area contributed by atoms with Gasteiger partial charge in [-0.2, -0.15) is 10.1 Å². The van der Waals surface area contributed by atoms with E-state index in [1.165, 1.54) is 17.8 Å². The second kappa shape index (κ2) is 6.79. The van der Waals surface area contributed by atoms with Gasteiger partial charge >= 0.3 is 5.69 Å². The van der Waals surface area contributed by atoms with Crippen LogP contribution >= 0.6 is 15.9 Å². The van der Waals surface area contributed by atoms with Crippen molar-refractivity contribution in [2.45, 2.75) is 13.5 Å². The standard InChI is InChI=1S/C16H17BrN6O3/c1-4-23-12-13(21(2)16(26)22(3)14(12)25)19-15(23)20-18-8-9-7-10(17)5-6-11(9)24/h5-8,24H,4H2,1-3H3,(H,19,20). The monoisotopic (exact) mass is 420 g/mol. The van der Waals surface area contributed by atoms with Gasteiger partial charge in [-0.3, -0.25) is 13.9 Å². The van der Waals surface area contributed by atoms with Crippen LogP contribution in [0.1, 0.15) is 12.5 Å². The Morgan fingerprint density at radius 1 is 1.31 bits per heavy atom. The third-order valence-electron chi connectivity index (χ3n) is 4.02. The lowest BCUT2D eigenvalue weighted by Gasteiger charge is -2.06. The van der Waals surface area contributed by atoms with E-state index >= 15 is 0 Å². The summed E-state index contributed by atoms with van der Waals surface area (Å²) >= 11 is 3.33. The highest BCUT2D eigenvalue weighted by molar-refractivity contribution is 9.10. The van der Waals surface area contributed by atoms with Gasteiger partial charge in [-0.15, -0.1) is 0 Å². The Morgan fingerprint density at radius 3 is 2.73 bits per heavy atom. The largest absolute Gasteiger partial charge is 0.507 e. The van der Waals surface area contributed by atoms with Crippen LogP contribution in [-0.2, 0) is 20.6 Å². The quantitative estimate of drug-likeness (QED) is 0.489. The van der Waals surface area contributed by atoms with Gasteiger partial charge in [0.15, 0.2) is 11.2 Å². The molecule has 0 atom stereocenters. The number of hydrazone groups is 1. The molecule has 26 heavy (non-hydrogen) atoms. The lowest BCUT2D eigenvalue weighted by atomic mass is 10.2. The molecule has 0 spiro atoms. The Bertz CT molecular complexity index is 1140. The van der Waals surface area contributed by atoms with Gasteiger partial charge in [0.25, 0.3) is 5.56 Å². The molecule has 0 fully saturated rings. The number of anilines is 1. The van der Waals surface area contributed by atoms with E-state index in [2.05, 4.69) is 31.4 Å². The van der Waals surface area contributed by atoms with Gasteiger partial charge in [0, 0.05) is 30.7 Å². The predicted octanol–water partition coefficient (Wildman–Crippen LogP) is 1.37. The average molecular weight is 421 g/mol. The van der Waals surface area contributed by atoms with Crippen LogP contribution < -0.4 is 16.7 Å². The molecule has 0 saturated heterocycles. The zero-order chi connectivity index (χ0) is 19.0. The van der Waals surface area contributed by atoms with Gasteiger partial charge in [0.2, 0.25) is 5.95 Å². The minimum absolute atomic E-state index is 0.0824. The highest BCUT2D eigenvalue weighted by Gasteiger charge is 2.17. The maximum atomic E-state index is 12.5. The van der Waals surface area contributed by atoms with Crippen LogP contribution in [0.4, 0.5) is 5.95 Å². The number of imidazole rings is 1. The fraction of sp³-hybridized carbons (Fsp3) is 0.250. The summed E-state index contributed by atoms with van der Waals surface area (Å²) in [6.45, 7) is 2.32. The number of nitrogens with zero attached hydrogens (tertiary/aromatic N) is 5. The summed E-state index contributed by atoms with van der Waals surface area (Å²) in [6, 6.07) is 4.97. The molecule has 2 N–H and O–H groups in total. The molecule has 9 nitrogen and oxygen atoms in total. The molecule has 0 bridgehead atoms. The molecule has 0 aliphatic heterocycles. The topological polar surface area (TPSA) is 106 Å². The summed E-state index contributed by atoms with van der Waals surface area (Å²) in [4.78, 5) is 28.9. The molecular formula is C16H17BrN6O3. The van der Waals surface area contributed by atoms with Crippen molar-refractivity contribution in [2.75, 3.05) is 5.43 Å². The highest BCUT2D eigenvalue weighted by Crippen LogP contribution is 2.20. The van der Waals surface area contributed by atoms with Crippen molar-refractivity contribution in [3.05, 3.63) is 49.1 Å². The lowest BCUT2D eigenvalue weighted by molar-refractivity contribution is 0.474. The molecule has 2 heterocycles. The first-order chi connectivity index (χ1) is 12.3. The van der Waals surface area contributed by atoms with E-state index in [0.717, 1.165) is 9.04 Å². The van der Waals surface area contributed by atoms with E-state index in [4.69, 9.17) is 0 Å². The number of phenolic OH excluding ortho intramolecular Hbond substituents is 1. The molecular weight excluding hydrogens is 404 g/mol. The number of nitrogens with one attached hydrogen (secondary N) is 1. The van der Waals surface area contributed by atoms with Crippen molar-refractivity contribution in [1.29, 1.82) is 0 Å². The van der Waals surface area contributed by atoms with Crippen molar-refractivity contribution < 1.29 is 5.11 Å². The van der Waals surface area contributed by atoms with Crippen LogP contribution in [0.25, 0.3) is 11.2 Å². The highest BCUT2D eigenvalue weighted by atomic mass is 79.9. The smallest absolute Gasteiger partial charge is 0.332 e. The molecule has 0 aliphatic rings. The number of aromatic nitrogens is 4. The van der Waals surface area contributed by atoms with E-state index < -0.39 is 11.2 Å². The SMILES string of the molecule is CCn1c(NN=Cc2cc(Br)ccc2O)nc2c1c(=O)n(C)c(=O)n2C. The summed E-state index contributed by atoms with van der Waals surface area (Å²) in [6.07, 6.45) is 1.44. The Morgan fingerprint density at radius 2 is 2.04 bits per heavy atom. The van der Waals surface area contributed by atoms with Crippen LogP contribution in [0, 0.1) is 0 Å². The van der Waals surface area contributed by atoms with Gasteiger partial charge < -0.3 is 9.67 Å². The molecule has 0 aliphatic carbocycles. The fourth-order valence-corrected chi connectivity index (χ4v) is 3.01. The minimum atomic E-state index is -0.447. The third-order valence-corrected chi connectivity index (χ3v) is 4.52. The number of aryl methyl sites for hydroxylation is 2. The van der Waals surface area contributed by atoms with Crippen molar-refractivity contribution in [3.8, 4) is 5.75 Å². The van der Waals surface area contributed by atoms with Crippen LogP contribution in [-0.4, -0.2) is 30.0 Å². The van der Waals surface area contributed by atoms with E-state index in [0.29, 0.717) is 23.6 Å². The van der Waals surface area contributed by atoms with E-state index in [9.17, 15) is 14.7 Å². The number of hydrogen-bond donors (Lipinski definition) is 2. The minimum Gasteiger partial charge on any atom is -0.507 e. The van der Waals surface area contributed by atoms with E-state index in [-0.39, 0.29) is 11.4 Å². The number of phenols is 1. The number of hydrogen-bond acceptors (Lipinski definition) is 6. The number of benzene rings is 1. The van der Waals surface area contributed by atoms with Gasteiger partial charge in [0.1, 0.15) is 5.75 Å². The zero-order valence-corrected chi connectivity index (χ0v) is 16.0. The van der Waals surface area contributed by atoms with Gasteiger partial charge in [-0.1, -0.05) is 15.9 Å². The summed E-state index contributed by atoms with van der Waals surface area (Å²) < 4.78 is 4.81. The summed E-state index contributed by atoms with van der Waals surface area (Å²) in [5.41, 5.74) is 3.02. The first-order valence-electron chi connectivity index (χ1n) is 7.79. The summed E-state index contributed by atoms with van der Waals surface area (Å²) in [5.74, 6) is 0.408. The van der Waals surface area contributed by atoms with Crippen LogP contribution in [0.15, 0.2) is 37.4 Å². The Kier molecular flexibility index (Phi) is 4.68. The van der Waals surface area contributed by atoms with E-state index in [1.54, 1.807) is 29.8 Å². The summed E-state index contributed by atoms with van der Waals surface area (Å²) in [5, 5.41) is 13.9. The van der Waals surface area contributed by atoms with Crippen molar-refractivity contribution >= 4 is 39.3 Å². The fourth-order valence-electron chi connectivity index (χ4n) is 2.63. The number of halogens is 1. The van der Waals surface area contributed by atoms with Gasteiger partial charge in [0.05, 0.1) is 6.21 Å². The second-order valence-corrected chi connectivity index (χ2v) is 6.55. The zero-order valence-electron chi connectivity index (χ0n) is 14.4. The Balaban J connectivity index is 2.06. The molecule has 2 aromatic heterocycles. The second-order valence-electron chi connectivity index (χ2n) is 5.63. The number of rotatable bonds is 4. The normalized spacial score (nSPS) is 11.5. The lowest BCUT2D eigenvalue weighted by Crippen LogP contribution is -2.37. The molecule has 3 aromatic rings. The molecule has 0 unspecified atom stereocenters. The first-order valence-corrected chi connectivity index (χ1v) is 8.58. The van der Waals surface area contributed by atoms with Crippen LogP contribution in [0.5, 0.6) is 5.75 Å². The van der Waals surface area contributed by atoms with Crippen LogP contribution in [0.2, 0.25) is 0 Å². The van der Waals surface area contributed by atoms with Crippen LogP contribution in [0.3, 0.4) is 0 Å². The van der Waals surface area contributed by atoms with Crippen molar-refractivity contribution in [3.63, 3.8) is 0 Å². The molecule has 0 saturated carbocycles. The van der Waals surface area contributed by atoms with E-state index in [1.807, 2.05) is 6.92 Å². The van der Waals surface area contributed by atoms with Crippen molar-refractivity contribution in [2.24, 2.45) is 19.2 Å². The summed E-state index contributed by atoms with van der Waals surface area (Å²) in [7, 11) is 2.99. The molecule has 136 valence electrons. The molecule has 3 rings (SSSR count). The number of aromatic hydroxyl groups is 1. The maximum absolute atomic E-state index is 12.5. The van der Waals surface area contributed by atoms with Gasteiger partial charge in [-0.05, 0) is 25.1 Å². The molecule has 1 aromatic carbocycles. The van der Waals surface area contributed by atoms with Gasteiger partial charge in [-0.25, -0.2) is 10.2 Å². The molecule has 10 heteroatoms. The maximum Gasteiger partial charge on any atom is 0.332 e. The van der Waals surface area contributed by atoms with Crippen molar-refractivity contribution in [1.82, 2.24) is 18.7 Å². The average Bonchev–Trinajstić information content (AvgIpc) is 2.99. The molecule has 0 radical (unpaired) electrons. The third kappa shape index (κ3) is 2.92. The Hall–Kier alpha value is -2.88. The first kappa shape index (κ1) is 17.9.